The molecule has 0 saturated heterocycles. The fraction of sp³-hybridized carbons (Fsp3) is 0.222. The molecule has 0 atom stereocenters. The summed E-state index contributed by atoms with van der Waals surface area (Å²) < 4.78 is 45.1. The van der Waals surface area contributed by atoms with E-state index in [1.165, 1.54) is 19.2 Å². The molecule has 0 saturated carbocycles. The maximum absolute atomic E-state index is 13.0. The Morgan fingerprint density at radius 1 is 1.11 bits per heavy atom. The maximum Gasteiger partial charge on any atom is 0.418 e. The zero-order valence-electron chi connectivity index (χ0n) is 14.2. The van der Waals surface area contributed by atoms with Gasteiger partial charge >= 0.3 is 6.18 Å². The summed E-state index contributed by atoms with van der Waals surface area (Å²) in [5, 5.41) is 2.19. The van der Waals surface area contributed by atoms with Gasteiger partial charge in [-0.3, -0.25) is 9.59 Å². The lowest BCUT2D eigenvalue weighted by molar-refractivity contribution is -0.137. The number of hydrogen-bond acceptors (Lipinski definition) is 3. The molecule has 5 nitrogen and oxygen atoms in total. The molecule has 2 aromatic rings. The van der Waals surface area contributed by atoms with Gasteiger partial charge in [0.1, 0.15) is 5.75 Å². The van der Waals surface area contributed by atoms with Gasteiger partial charge in [0.25, 0.3) is 5.91 Å². The first kappa shape index (κ1) is 21.0. The van der Waals surface area contributed by atoms with Gasteiger partial charge in [-0.05, 0) is 46.9 Å². The molecule has 144 valence electrons. The Bertz CT molecular complexity index is 827. The highest BCUT2D eigenvalue weighted by atomic mass is 127. The first-order valence-corrected chi connectivity index (χ1v) is 8.83. The van der Waals surface area contributed by atoms with Crippen LogP contribution >= 0.6 is 22.6 Å². The molecular weight excluding hydrogens is 476 g/mol. The zero-order chi connectivity index (χ0) is 20.0. The van der Waals surface area contributed by atoms with Crippen LogP contribution in [0, 0.1) is 3.57 Å². The van der Waals surface area contributed by atoms with Crippen molar-refractivity contribution < 1.29 is 27.5 Å². The van der Waals surface area contributed by atoms with E-state index in [4.69, 9.17) is 4.74 Å². The van der Waals surface area contributed by atoms with Gasteiger partial charge in [0.15, 0.2) is 6.61 Å². The van der Waals surface area contributed by atoms with Gasteiger partial charge in [-0.2, -0.15) is 13.2 Å². The molecule has 0 spiro atoms. The van der Waals surface area contributed by atoms with Crippen molar-refractivity contribution in [2.45, 2.75) is 6.18 Å². The minimum Gasteiger partial charge on any atom is -0.483 e. The summed E-state index contributed by atoms with van der Waals surface area (Å²) in [6, 6.07) is 11.8. The number of likely N-dealkylation sites (N-methyl/N-ethyl adjacent to an activating group) is 1. The molecule has 9 heteroatoms. The van der Waals surface area contributed by atoms with Crippen molar-refractivity contribution in [3.63, 3.8) is 0 Å². The molecule has 2 amide bonds. The number of ether oxygens (including phenoxy) is 1. The zero-order valence-corrected chi connectivity index (χ0v) is 16.4. The maximum atomic E-state index is 13.0. The van der Waals surface area contributed by atoms with E-state index in [2.05, 4.69) is 27.9 Å². The van der Waals surface area contributed by atoms with Crippen molar-refractivity contribution in [2.75, 3.05) is 25.5 Å². The molecular formula is C18H16F3IN2O3. The van der Waals surface area contributed by atoms with E-state index in [1.807, 2.05) is 12.1 Å². The van der Waals surface area contributed by atoms with E-state index >= 15 is 0 Å². The molecule has 0 aliphatic rings. The fourth-order valence-corrected chi connectivity index (χ4v) is 2.69. The second-order valence-electron chi connectivity index (χ2n) is 5.56. The van der Waals surface area contributed by atoms with E-state index in [1.54, 1.807) is 12.1 Å². The number of halogens is 4. The van der Waals surface area contributed by atoms with Crippen molar-refractivity contribution in [3.8, 4) is 5.75 Å². The smallest absolute Gasteiger partial charge is 0.418 e. The van der Waals surface area contributed by atoms with Crippen LogP contribution in [0.15, 0.2) is 48.5 Å². The van der Waals surface area contributed by atoms with Crippen LogP contribution < -0.4 is 10.1 Å². The number of hydrogen-bond donors (Lipinski definition) is 1. The van der Waals surface area contributed by atoms with Crippen LogP contribution in [0.4, 0.5) is 18.9 Å². The highest BCUT2D eigenvalue weighted by Gasteiger charge is 2.33. The number of carbonyl (C=O) groups is 2. The predicted molar refractivity (Wildman–Crippen MR) is 102 cm³/mol. The van der Waals surface area contributed by atoms with Gasteiger partial charge in [0.05, 0.1) is 21.4 Å². The van der Waals surface area contributed by atoms with Crippen molar-refractivity contribution in [3.05, 3.63) is 57.7 Å². The molecule has 2 rings (SSSR count). The van der Waals surface area contributed by atoms with Crippen molar-refractivity contribution >= 4 is 40.1 Å². The Balaban J connectivity index is 1.92. The first-order valence-electron chi connectivity index (χ1n) is 7.76. The van der Waals surface area contributed by atoms with Gasteiger partial charge in [-0.15, -0.1) is 0 Å². The molecule has 27 heavy (non-hydrogen) atoms. The van der Waals surface area contributed by atoms with Crippen LogP contribution in [0.1, 0.15) is 5.56 Å². The van der Waals surface area contributed by atoms with Gasteiger partial charge in [0.2, 0.25) is 5.91 Å². The minimum atomic E-state index is -4.59. The van der Waals surface area contributed by atoms with Crippen molar-refractivity contribution in [1.82, 2.24) is 4.90 Å². The Morgan fingerprint density at radius 2 is 1.74 bits per heavy atom. The molecule has 0 fully saturated rings. The highest BCUT2D eigenvalue weighted by molar-refractivity contribution is 14.1. The van der Waals surface area contributed by atoms with Gasteiger partial charge in [-0.1, -0.05) is 24.3 Å². The lowest BCUT2D eigenvalue weighted by Crippen LogP contribution is -2.37. The summed E-state index contributed by atoms with van der Waals surface area (Å²) in [7, 11) is 1.37. The van der Waals surface area contributed by atoms with Crippen LogP contribution in [-0.2, 0) is 15.8 Å². The molecule has 0 heterocycles. The van der Waals surface area contributed by atoms with E-state index in [0.717, 1.165) is 20.6 Å². The molecule has 0 aromatic heterocycles. The summed E-state index contributed by atoms with van der Waals surface area (Å²) in [6.07, 6.45) is -4.59. The molecule has 0 unspecified atom stereocenters. The van der Waals surface area contributed by atoms with E-state index in [-0.39, 0.29) is 12.3 Å². The summed E-state index contributed by atoms with van der Waals surface area (Å²) in [4.78, 5) is 25.2. The quantitative estimate of drug-likeness (QED) is 0.625. The molecule has 0 aliphatic heterocycles. The fourth-order valence-electron chi connectivity index (χ4n) is 2.14. The van der Waals surface area contributed by atoms with Crippen LogP contribution in [0.25, 0.3) is 0 Å². The number of carbonyl (C=O) groups excluding carboxylic acids is 2. The molecule has 0 aliphatic carbocycles. The SMILES string of the molecule is CN(CC(=O)Nc1ccccc1C(F)(F)F)C(=O)COc1ccccc1I. The third-order valence-corrected chi connectivity index (χ3v) is 4.39. The van der Waals surface area contributed by atoms with Crippen LogP contribution in [0.2, 0.25) is 0 Å². The van der Waals surface area contributed by atoms with Gasteiger partial charge in [0, 0.05) is 7.05 Å². The minimum absolute atomic E-state index is 0.289. The number of amides is 2. The monoisotopic (exact) mass is 492 g/mol. The number of para-hydroxylation sites is 2. The van der Waals surface area contributed by atoms with E-state index in [0.29, 0.717) is 5.75 Å². The summed E-state index contributed by atoms with van der Waals surface area (Å²) in [5.74, 6) is -0.686. The number of nitrogens with zero attached hydrogens (tertiary/aromatic N) is 1. The average molecular weight is 492 g/mol. The average Bonchev–Trinajstić information content (AvgIpc) is 2.60. The second-order valence-corrected chi connectivity index (χ2v) is 6.72. The molecule has 0 bridgehead atoms. The van der Waals surface area contributed by atoms with E-state index < -0.39 is 30.1 Å². The Morgan fingerprint density at radius 3 is 2.41 bits per heavy atom. The highest BCUT2D eigenvalue weighted by Crippen LogP contribution is 2.34. The summed E-state index contributed by atoms with van der Waals surface area (Å²) in [6.45, 7) is -0.691. The van der Waals surface area contributed by atoms with Crippen LogP contribution in [-0.4, -0.2) is 36.9 Å². The first-order chi connectivity index (χ1) is 12.7. The number of alkyl halides is 3. The standard InChI is InChI=1S/C18H16F3IN2O3/c1-24(17(26)11-27-15-9-5-3-7-13(15)22)10-16(25)23-14-8-4-2-6-12(14)18(19,20)21/h2-9H,10-11H2,1H3,(H,23,25). The Hall–Kier alpha value is -2.30. The third kappa shape index (κ3) is 6.12. The number of benzene rings is 2. The number of rotatable bonds is 6. The topological polar surface area (TPSA) is 58.6 Å². The predicted octanol–water partition coefficient (Wildman–Crippen LogP) is 3.79. The Kier molecular flexibility index (Phi) is 7.05. The summed E-state index contributed by atoms with van der Waals surface area (Å²) >= 11 is 2.06. The van der Waals surface area contributed by atoms with E-state index in [9.17, 15) is 22.8 Å². The lowest BCUT2D eigenvalue weighted by atomic mass is 10.1. The normalized spacial score (nSPS) is 11.0. The molecule has 1 N–H and O–H groups in total. The van der Waals surface area contributed by atoms with Gasteiger partial charge in [-0.25, -0.2) is 0 Å². The number of anilines is 1. The van der Waals surface area contributed by atoms with Crippen LogP contribution in [0.5, 0.6) is 5.75 Å². The number of nitrogens with one attached hydrogen (secondary N) is 1. The lowest BCUT2D eigenvalue weighted by Gasteiger charge is -2.18. The van der Waals surface area contributed by atoms with Crippen molar-refractivity contribution in [2.24, 2.45) is 0 Å². The third-order valence-electron chi connectivity index (χ3n) is 3.50. The largest absolute Gasteiger partial charge is 0.483 e. The molecule has 2 aromatic carbocycles. The Labute approximate surface area is 167 Å². The van der Waals surface area contributed by atoms with Gasteiger partial charge < -0.3 is 15.0 Å². The summed E-state index contributed by atoms with van der Waals surface area (Å²) in [5.41, 5.74) is -1.31. The second kappa shape index (κ2) is 9.07. The molecule has 0 radical (unpaired) electrons. The van der Waals surface area contributed by atoms with Crippen LogP contribution in [0.3, 0.4) is 0 Å². The van der Waals surface area contributed by atoms with Crippen molar-refractivity contribution in [1.29, 1.82) is 0 Å².